The quantitative estimate of drug-likeness (QED) is 0.315. The molecule has 1 fully saturated rings. The van der Waals surface area contributed by atoms with Gasteiger partial charge in [0.1, 0.15) is 17.2 Å². The number of rotatable bonds is 4. The topological polar surface area (TPSA) is 68.8 Å². The zero-order chi connectivity index (χ0) is 25.9. The van der Waals surface area contributed by atoms with Crippen LogP contribution in [0.2, 0.25) is 0 Å². The van der Waals surface area contributed by atoms with E-state index < -0.39 is 0 Å². The van der Waals surface area contributed by atoms with Gasteiger partial charge in [-0.05, 0) is 80.5 Å². The van der Waals surface area contributed by atoms with Crippen molar-refractivity contribution in [1.29, 1.82) is 0 Å². The van der Waals surface area contributed by atoms with Crippen LogP contribution in [-0.2, 0) is 6.42 Å². The Morgan fingerprint density at radius 3 is 2.57 bits per heavy atom. The van der Waals surface area contributed by atoms with Gasteiger partial charge in [0.15, 0.2) is 0 Å². The lowest BCUT2D eigenvalue weighted by Crippen LogP contribution is -2.32. The number of nitrogens with one attached hydrogen (secondary N) is 1. The first-order valence-corrected chi connectivity index (χ1v) is 13.6. The lowest BCUT2D eigenvalue weighted by atomic mass is 9.98. The molecule has 6 rings (SSSR count). The Morgan fingerprint density at radius 1 is 1.08 bits per heavy atom. The number of carbonyl (C=O) groups excluding carboxylic acids is 1. The van der Waals surface area contributed by atoms with Crippen LogP contribution in [0.4, 0.5) is 5.69 Å². The maximum atomic E-state index is 13.4. The molecule has 0 unspecified atom stereocenters. The Morgan fingerprint density at radius 2 is 1.81 bits per heavy atom. The van der Waals surface area contributed by atoms with Crippen LogP contribution in [0, 0.1) is 5.92 Å². The molecule has 1 saturated heterocycles. The second-order valence-corrected chi connectivity index (χ2v) is 10.4. The molecule has 2 aliphatic rings. The van der Waals surface area contributed by atoms with E-state index in [1.54, 1.807) is 11.0 Å². The maximum Gasteiger partial charge on any atom is 0.274 e. The van der Waals surface area contributed by atoms with Gasteiger partial charge < -0.3 is 24.6 Å². The molecule has 2 N–H and O–H groups in total. The first-order chi connectivity index (χ1) is 18.0. The fraction of sp³-hybridized carbons (Fsp3) is 0.367. The first-order valence-electron chi connectivity index (χ1n) is 13.0. The van der Waals surface area contributed by atoms with Crippen LogP contribution in [-0.4, -0.2) is 60.1 Å². The molecule has 0 saturated carbocycles. The smallest absolute Gasteiger partial charge is 0.274 e. The van der Waals surface area contributed by atoms with Gasteiger partial charge >= 0.3 is 0 Å². The minimum Gasteiger partial charge on any atom is -0.507 e. The van der Waals surface area contributed by atoms with Crippen molar-refractivity contribution >= 4 is 44.9 Å². The number of ether oxygens (including phenoxy) is 1. The van der Waals surface area contributed by atoms with E-state index >= 15 is 0 Å². The molecule has 0 radical (unpaired) electrons. The van der Waals surface area contributed by atoms with Crippen molar-refractivity contribution in [2.45, 2.75) is 26.2 Å². The van der Waals surface area contributed by atoms with Crippen LogP contribution in [0.15, 0.2) is 54.6 Å². The number of piperidine rings is 1. The van der Waals surface area contributed by atoms with Crippen LogP contribution in [0.1, 0.15) is 35.8 Å². The minimum absolute atomic E-state index is 0.0848. The fourth-order valence-electron chi connectivity index (χ4n) is 5.36. The third kappa shape index (κ3) is 5.27. The molecule has 0 spiro atoms. The van der Waals surface area contributed by atoms with Gasteiger partial charge in [-0.3, -0.25) is 4.79 Å². The number of carbonyl (C=O) groups is 1. The lowest BCUT2D eigenvalue weighted by molar-refractivity contribution is 0.0985. The molecule has 1 amide bonds. The van der Waals surface area contributed by atoms with Gasteiger partial charge in [0.2, 0.25) is 0 Å². The summed E-state index contributed by atoms with van der Waals surface area (Å²) in [6, 6.07) is 17.4. The van der Waals surface area contributed by atoms with E-state index in [0.717, 1.165) is 70.7 Å². The number of aromatic amines is 1. The molecule has 2 aliphatic heterocycles. The number of aromatic nitrogens is 1. The monoisotopic (exact) mass is 519 g/mol. The highest BCUT2D eigenvalue weighted by molar-refractivity contribution is 6.17. The van der Waals surface area contributed by atoms with Gasteiger partial charge in [-0.25, -0.2) is 0 Å². The fourth-order valence-corrected chi connectivity index (χ4v) is 5.36. The predicted molar refractivity (Wildman–Crippen MR) is 151 cm³/mol. The normalized spacial score (nSPS) is 16.0. The van der Waals surface area contributed by atoms with E-state index in [-0.39, 0.29) is 11.7 Å². The third-order valence-corrected chi connectivity index (χ3v) is 7.38. The Kier molecular flexibility index (Phi) is 7.58. The number of halogens is 1. The number of phenols is 1. The summed E-state index contributed by atoms with van der Waals surface area (Å²) in [5.41, 5.74) is 3.36. The number of aromatic hydroxyl groups is 1. The predicted octanol–water partition coefficient (Wildman–Crippen LogP) is 6.20. The second-order valence-electron chi connectivity index (χ2n) is 9.90. The summed E-state index contributed by atoms with van der Waals surface area (Å²) in [7, 11) is 2.17. The molecular formula is C30H34ClN3O3. The maximum absolute atomic E-state index is 13.4. The van der Waals surface area contributed by atoms with Crippen LogP contribution in [0.3, 0.4) is 0 Å². The van der Waals surface area contributed by atoms with Crippen LogP contribution < -0.4 is 9.64 Å². The zero-order valence-electron chi connectivity index (χ0n) is 21.5. The number of alkyl halides is 1. The molecule has 7 heteroatoms. The Hall–Kier alpha value is -3.22. The molecule has 0 aliphatic carbocycles. The molecule has 6 nitrogen and oxygen atoms in total. The summed E-state index contributed by atoms with van der Waals surface area (Å²) in [6.45, 7) is 5.48. The number of H-pyrrole nitrogens is 1. The average Bonchev–Trinajstić information content (AvgIpc) is 3.53. The summed E-state index contributed by atoms with van der Waals surface area (Å²) in [6.07, 6.45) is 3.12. The van der Waals surface area contributed by atoms with Crippen molar-refractivity contribution in [3.05, 3.63) is 65.9 Å². The highest BCUT2D eigenvalue weighted by Crippen LogP contribution is 2.40. The van der Waals surface area contributed by atoms with Crippen molar-refractivity contribution in [2.75, 3.05) is 44.1 Å². The third-order valence-electron chi connectivity index (χ3n) is 7.38. The van der Waals surface area contributed by atoms with Crippen LogP contribution in [0.25, 0.3) is 21.7 Å². The van der Waals surface area contributed by atoms with Crippen LogP contribution >= 0.6 is 11.6 Å². The summed E-state index contributed by atoms with van der Waals surface area (Å²) in [4.78, 5) is 20.9. The zero-order valence-corrected chi connectivity index (χ0v) is 22.2. The van der Waals surface area contributed by atoms with E-state index in [2.05, 4.69) is 16.9 Å². The molecule has 0 atom stereocenters. The van der Waals surface area contributed by atoms with E-state index in [0.29, 0.717) is 18.2 Å². The Labute approximate surface area is 222 Å². The summed E-state index contributed by atoms with van der Waals surface area (Å²) >= 11 is 5.00. The number of benzene rings is 3. The van der Waals surface area contributed by atoms with Crippen molar-refractivity contribution in [3.63, 3.8) is 0 Å². The van der Waals surface area contributed by atoms with Crippen molar-refractivity contribution < 1.29 is 14.6 Å². The standard InChI is InChI=1S/C28H29N3O3.C2H5Cl/c1-30-11-8-18(9-12-30)17-34-20-6-7-24-19(14-20)15-25(29-24)28(33)31-13-10-22-21-4-2-3-5-23(21)27(32)16-26(22)31;1-2-3/h2-7,14-16,18,29,32H,8-13,17H2,1H3;2H2,1H3. The Bertz CT molecular complexity index is 1410. The first kappa shape index (κ1) is 25.4. The molecule has 194 valence electrons. The van der Waals surface area contributed by atoms with Gasteiger partial charge in [-0.2, -0.15) is 0 Å². The number of phenolic OH excluding ortho intramolecular Hbond substituents is 1. The van der Waals surface area contributed by atoms with Gasteiger partial charge in [0.25, 0.3) is 5.91 Å². The second kappa shape index (κ2) is 11.0. The highest BCUT2D eigenvalue weighted by atomic mass is 35.5. The number of nitrogens with zero attached hydrogens (tertiary/aromatic N) is 2. The molecular weight excluding hydrogens is 486 g/mol. The molecule has 4 aromatic rings. The lowest BCUT2D eigenvalue weighted by Gasteiger charge is -2.28. The number of fused-ring (bicyclic) bond motifs is 4. The van der Waals surface area contributed by atoms with E-state index in [9.17, 15) is 9.90 Å². The summed E-state index contributed by atoms with van der Waals surface area (Å²) < 4.78 is 6.10. The number of likely N-dealkylation sites (tertiary alicyclic amines) is 1. The molecule has 1 aromatic heterocycles. The van der Waals surface area contributed by atoms with Crippen LogP contribution in [0.5, 0.6) is 11.5 Å². The van der Waals surface area contributed by atoms with Crippen molar-refractivity contribution in [3.8, 4) is 11.5 Å². The molecule has 0 bridgehead atoms. The van der Waals surface area contributed by atoms with Gasteiger partial charge in [0.05, 0.1) is 12.3 Å². The Balaban J connectivity index is 0.000000892. The van der Waals surface area contributed by atoms with Gasteiger partial charge in [0, 0.05) is 34.8 Å². The minimum atomic E-state index is -0.0848. The molecule has 3 aromatic carbocycles. The average molecular weight is 520 g/mol. The summed E-state index contributed by atoms with van der Waals surface area (Å²) in [5.74, 6) is 2.28. The highest BCUT2D eigenvalue weighted by Gasteiger charge is 2.29. The molecule has 3 heterocycles. The number of amides is 1. The van der Waals surface area contributed by atoms with E-state index in [1.807, 2.05) is 55.5 Å². The van der Waals surface area contributed by atoms with Gasteiger partial charge in [-0.15, -0.1) is 11.6 Å². The van der Waals surface area contributed by atoms with Crippen molar-refractivity contribution in [1.82, 2.24) is 9.88 Å². The number of anilines is 1. The number of hydrogen-bond acceptors (Lipinski definition) is 4. The largest absolute Gasteiger partial charge is 0.507 e. The molecule has 37 heavy (non-hydrogen) atoms. The number of hydrogen-bond donors (Lipinski definition) is 2. The summed E-state index contributed by atoms with van der Waals surface area (Å²) in [5, 5.41) is 13.3. The van der Waals surface area contributed by atoms with E-state index in [1.165, 1.54) is 12.8 Å². The SMILES string of the molecule is CCCl.CN1CCC(COc2ccc3[nH]c(C(=O)N4CCc5c4cc(O)c4ccccc54)cc3c2)CC1. The van der Waals surface area contributed by atoms with E-state index in [4.69, 9.17) is 16.3 Å². The van der Waals surface area contributed by atoms with Gasteiger partial charge in [-0.1, -0.05) is 31.2 Å². The van der Waals surface area contributed by atoms with Crippen molar-refractivity contribution in [2.24, 2.45) is 5.92 Å².